The Labute approximate surface area is 89.0 Å². The average Bonchev–Trinajstić information content (AvgIpc) is 2.68. The molecule has 15 heavy (non-hydrogen) atoms. The lowest BCUT2D eigenvalue weighted by molar-refractivity contribution is -0.145. The third-order valence-corrected chi connectivity index (χ3v) is 2.11. The molecule has 0 aliphatic rings. The second-order valence-electron chi connectivity index (χ2n) is 3.60. The second-order valence-corrected chi connectivity index (χ2v) is 3.60. The highest BCUT2D eigenvalue weighted by Crippen LogP contribution is 2.05. The first kappa shape index (κ1) is 11.7. The van der Waals surface area contributed by atoms with E-state index in [1.165, 1.54) is 7.11 Å². The number of aromatic nitrogens is 1. The zero-order valence-corrected chi connectivity index (χ0v) is 9.27. The lowest BCUT2D eigenvalue weighted by Gasteiger charge is -2.18. The van der Waals surface area contributed by atoms with Crippen LogP contribution in [-0.2, 0) is 16.1 Å². The molecule has 1 unspecified atom stereocenters. The molecule has 0 bridgehead atoms. The topological polar surface area (TPSA) is 55.6 Å². The highest BCUT2D eigenvalue weighted by molar-refractivity contribution is 5.71. The number of esters is 1. The highest BCUT2D eigenvalue weighted by Gasteiger charge is 2.15. The maximum atomic E-state index is 11.2. The van der Waals surface area contributed by atoms with Crippen molar-refractivity contribution >= 4 is 5.97 Å². The van der Waals surface area contributed by atoms with Crippen molar-refractivity contribution in [2.24, 2.45) is 5.92 Å². The van der Waals surface area contributed by atoms with Crippen molar-refractivity contribution in [3.63, 3.8) is 0 Å². The van der Waals surface area contributed by atoms with E-state index < -0.39 is 0 Å². The summed E-state index contributed by atoms with van der Waals surface area (Å²) in [5, 5.41) is 3.61. The van der Waals surface area contributed by atoms with Gasteiger partial charge in [-0.25, -0.2) is 0 Å². The summed E-state index contributed by atoms with van der Waals surface area (Å²) in [5.74, 6) is 0.455. The van der Waals surface area contributed by atoms with Crippen LogP contribution in [0.1, 0.15) is 12.7 Å². The minimum Gasteiger partial charge on any atom is -0.469 e. The fourth-order valence-corrected chi connectivity index (χ4v) is 1.40. The highest BCUT2D eigenvalue weighted by atomic mass is 16.5. The number of ether oxygens (including phenoxy) is 1. The molecule has 0 aliphatic carbocycles. The maximum absolute atomic E-state index is 11.2. The average molecular weight is 212 g/mol. The van der Waals surface area contributed by atoms with E-state index in [4.69, 9.17) is 4.52 Å². The molecular weight excluding hydrogens is 196 g/mol. The number of rotatable bonds is 5. The van der Waals surface area contributed by atoms with Gasteiger partial charge in [0.15, 0.2) is 5.76 Å². The van der Waals surface area contributed by atoms with Gasteiger partial charge >= 0.3 is 5.97 Å². The molecule has 1 rings (SSSR count). The Kier molecular flexibility index (Phi) is 4.30. The van der Waals surface area contributed by atoms with Crippen molar-refractivity contribution in [1.29, 1.82) is 0 Å². The first-order valence-electron chi connectivity index (χ1n) is 4.79. The Hall–Kier alpha value is -1.36. The van der Waals surface area contributed by atoms with Gasteiger partial charge in [0.05, 0.1) is 25.8 Å². The van der Waals surface area contributed by atoms with Gasteiger partial charge in [-0.3, -0.25) is 9.69 Å². The predicted molar refractivity (Wildman–Crippen MR) is 54.0 cm³/mol. The Balaban J connectivity index is 2.35. The lowest BCUT2D eigenvalue weighted by atomic mass is 10.2. The molecule has 1 heterocycles. The molecule has 0 aromatic carbocycles. The molecule has 0 N–H and O–H groups in total. The number of hydrogen-bond donors (Lipinski definition) is 0. The van der Waals surface area contributed by atoms with Gasteiger partial charge in [-0.1, -0.05) is 12.1 Å². The quantitative estimate of drug-likeness (QED) is 0.679. The third-order valence-electron chi connectivity index (χ3n) is 2.11. The molecule has 1 aromatic rings. The van der Waals surface area contributed by atoms with Gasteiger partial charge in [0, 0.05) is 12.6 Å². The second kappa shape index (κ2) is 5.50. The molecule has 5 heteroatoms. The summed E-state index contributed by atoms with van der Waals surface area (Å²) in [6.07, 6.45) is 1.60. The first-order chi connectivity index (χ1) is 7.13. The largest absolute Gasteiger partial charge is 0.469 e. The molecule has 0 spiro atoms. The van der Waals surface area contributed by atoms with Crippen molar-refractivity contribution in [3.8, 4) is 0 Å². The molecule has 1 aromatic heterocycles. The number of carbonyl (C=O) groups is 1. The van der Waals surface area contributed by atoms with E-state index in [9.17, 15) is 4.79 Å². The molecule has 0 saturated carbocycles. The number of methoxy groups -OCH3 is 1. The number of carbonyl (C=O) groups excluding carboxylic acids is 1. The van der Waals surface area contributed by atoms with E-state index in [2.05, 4.69) is 9.89 Å². The van der Waals surface area contributed by atoms with Gasteiger partial charge in [-0.2, -0.15) is 0 Å². The zero-order chi connectivity index (χ0) is 11.3. The van der Waals surface area contributed by atoms with Crippen LogP contribution in [0.15, 0.2) is 16.8 Å². The predicted octanol–water partition coefficient (Wildman–Crippen LogP) is 0.915. The summed E-state index contributed by atoms with van der Waals surface area (Å²) in [6, 6.07) is 1.80. The maximum Gasteiger partial charge on any atom is 0.309 e. The van der Waals surface area contributed by atoms with Crippen LogP contribution in [-0.4, -0.2) is 36.7 Å². The van der Waals surface area contributed by atoms with Crippen LogP contribution in [0.5, 0.6) is 0 Å². The van der Waals surface area contributed by atoms with E-state index in [0.29, 0.717) is 13.1 Å². The Bertz CT molecular complexity index is 298. The lowest BCUT2D eigenvalue weighted by Crippen LogP contribution is -2.28. The number of hydrogen-bond acceptors (Lipinski definition) is 5. The van der Waals surface area contributed by atoms with Crippen LogP contribution in [0.2, 0.25) is 0 Å². The third kappa shape index (κ3) is 3.71. The zero-order valence-electron chi connectivity index (χ0n) is 9.27. The molecule has 0 fully saturated rings. The van der Waals surface area contributed by atoms with Crippen LogP contribution >= 0.6 is 0 Å². The van der Waals surface area contributed by atoms with E-state index >= 15 is 0 Å². The van der Waals surface area contributed by atoms with Gasteiger partial charge in [0.25, 0.3) is 0 Å². The first-order valence-corrected chi connectivity index (χ1v) is 4.79. The van der Waals surface area contributed by atoms with E-state index in [1.807, 2.05) is 18.9 Å². The number of nitrogens with zero attached hydrogens (tertiary/aromatic N) is 2. The Morgan fingerprint density at radius 3 is 3.00 bits per heavy atom. The Morgan fingerprint density at radius 1 is 1.73 bits per heavy atom. The molecule has 0 saturated heterocycles. The van der Waals surface area contributed by atoms with Crippen molar-refractivity contribution < 1.29 is 14.1 Å². The summed E-state index contributed by atoms with van der Waals surface area (Å²) < 4.78 is 9.61. The van der Waals surface area contributed by atoms with Crippen molar-refractivity contribution in [1.82, 2.24) is 10.1 Å². The standard InChI is InChI=1S/C10H16N2O3/c1-8(10(13)14-3)6-12(2)7-9-4-5-11-15-9/h4-5,8H,6-7H2,1-3H3. The van der Waals surface area contributed by atoms with Gasteiger partial charge in [0.1, 0.15) is 0 Å². The summed E-state index contributed by atoms with van der Waals surface area (Å²) >= 11 is 0. The van der Waals surface area contributed by atoms with Gasteiger partial charge in [0.2, 0.25) is 0 Å². The van der Waals surface area contributed by atoms with Gasteiger partial charge in [-0.05, 0) is 7.05 Å². The fourth-order valence-electron chi connectivity index (χ4n) is 1.40. The minimum atomic E-state index is -0.195. The summed E-state index contributed by atoms with van der Waals surface area (Å²) in [6.45, 7) is 3.11. The van der Waals surface area contributed by atoms with Crippen LogP contribution in [0.25, 0.3) is 0 Å². The fraction of sp³-hybridized carbons (Fsp3) is 0.600. The van der Waals surface area contributed by atoms with Crippen molar-refractivity contribution in [2.45, 2.75) is 13.5 Å². The van der Waals surface area contributed by atoms with Crippen LogP contribution in [0.3, 0.4) is 0 Å². The summed E-state index contributed by atoms with van der Waals surface area (Å²) in [7, 11) is 3.32. The van der Waals surface area contributed by atoms with Crippen molar-refractivity contribution in [2.75, 3.05) is 20.7 Å². The molecule has 1 atom stereocenters. The summed E-state index contributed by atoms with van der Waals surface area (Å²) in [5.41, 5.74) is 0. The van der Waals surface area contributed by atoms with E-state index in [1.54, 1.807) is 12.3 Å². The molecule has 84 valence electrons. The summed E-state index contributed by atoms with van der Waals surface area (Å²) in [4.78, 5) is 13.2. The normalized spacial score (nSPS) is 12.8. The SMILES string of the molecule is COC(=O)C(C)CN(C)Cc1ccno1. The molecule has 0 aliphatic heterocycles. The molecule has 0 radical (unpaired) electrons. The van der Waals surface area contributed by atoms with Gasteiger partial charge in [-0.15, -0.1) is 0 Å². The van der Waals surface area contributed by atoms with Crippen LogP contribution in [0, 0.1) is 5.92 Å². The minimum absolute atomic E-state index is 0.136. The van der Waals surface area contributed by atoms with Crippen LogP contribution < -0.4 is 0 Å². The van der Waals surface area contributed by atoms with Gasteiger partial charge < -0.3 is 9.26 Å². The van der Waals surface area contributed by atoms with Crippen LogP contribution in [0.4, 0.5) is 0 Å². The molecule has 5 nitrogen and oxygen atoms in total. The van der Waals surface area contributed by atoms with E-state index in [-0.39, 0.29) is 11.9 Å². The monoisotopic (exact) mass is 212 g/mol. The Morgan fingerprint density at radius 2 is 2.47 bits per heavy atom. The molecule has 0 amide bonds. The van der Waals surface area contributed by atoms with E-state index in [0.717, 1.165) is 5.76 Å². The van der Waals surface area contributed by atoms with Crippen molar-refractivity contribution in [3.05, 3.63) is 18.0 Å². The molecular formula is C10H16N2O3. The smallest absolute Gasteiger partial charge is 0.309 e.